The number of amides is 1. The molecule has 5 heteroatoms. The van der Waals surface area contributed by atoms with Gasteiger partial charge in [0.05, 0.1) is 6.42 Å². The fourth-order valence-electron chi connectivity index (χ4n) is 2.74. The molecule has 1 aliphatic heterocycles. The van der Waals surface area contributed by atoms with Crippen molar-refractivity contribution in [3.05, 3.63) is 0 Å². The number of hydrogen-bond acceptors (Lipinski definition) is 3. The van der Waals surface area contributed by atoms with Crippen LogP contribution in [0.1, 0.15) is 25.7 Å². The Bertz CT molecular complexity index is 278. The lowest BCUT2D eigenvalue weighted by Gasteiger charge is -2.16. The van der Waals surface area contributed by atoms with E-state index in [1.165, 1.54) is 19.3 Å². The van der Waals surface area contributed by atoms with Crippen molar-refractivity contribution in [3.8, 4) is 0 Å². The lowest BCUT2D eigenvalue weighted by atomic mass is 10.0. The van der Waals surface area contributed by atoms with Crippen LogP contribution in [0.4, 0.5) is 0 Å². The van der Waals surface area contributed by atoms with E-state index in [4.69, 9.17) is 10.9 Å². The van der Waals surface area contributed by atoms with Gasteiger partial charge in [-0.15, -0.1) is 0 Å². The van der Waals surface area contributed by atoms with Crippen molar-refractivity contribution in [3.63, 3.8) is 0 Å². The minimum absolute atomic E-state index is 0.00272. The Hall–Kier alpha value is -1.26. The van der Waals surface area contributed by atoms with Crippen LogP contribution < -0.4 is 5.73 Å². The van der Waals surface area contributed by atoms with E-state index in [1.807, 2.05) is 4.90 Å². The van der Waals surface area contributed by atoms with Crippen LogP contribution >= 0.6 is 0 Å². The van der Waals surface area contributed by atoms with Crippen molar-refractivity contribution >= 4 is 11.7 Å². The second-order valence-electron chi connectivity index (χ2n) is 4.52. The molecular formula is C10H17N3O2. The van der Waals surface area contributed by atoms with Gasteiger partial charge < -0.3 is 15.8 Å². The zero-order chi connectivity index (χ0) is 10.8. The first kappa shape index (κ1) is 10.3. The molecule has 1 aliphatic carbocycles. The average Bonchev–Trinajstić information content (AvgIpc) is 2.76. The highest BCUT2D eigenvalue weighted by atomic mass is 16.4. The van der Waals surface area contributed by atoms with Crippen LogP contribution in [0.25, 0.3) is 0 Å². The van der Waals surface area contributed by atoms with E-state index in [0.29, 0.717) is 11.8 Å². The predicted molar refractivity (Wildman–Crippen MR) is 55.4 cm³/mol. The zero-order valence-electron chi connectivity index (χ0n) is 8.72. The van der Waals surface area contributed by atoms with Gasteiger partial charge in [0.15, 0.2) is 0 Å². The molecule has 2 aliphatic rings. The number of oxime groups is 1. The van der Waals surface area contributed by atoms with Gasteiger partial charge in [-0.2, -0.15) is 0 Å². The maximum atomic E-state index is 11.7. The summed E-state index contributed by atoms with van der Waals surface area (Å²) in [5.74, 6) is 1.37. The smallest absolute Gasteiger partial charge is 0.230 e. The van der Waals surface area contributed by atoms with E-state index in [2.05, 4.69) is 5.16 Å². The molecular weight excluding hydrogens is 194 g/mol. The normalized spacial score (nSPS) is 30.7. The van der Waals surface area contributed by atoms with Gasteiger partial charge in [-0.25, -0.2) is 0 Å². The molecule has 0 bridgehead atoms. The van der Waals surface area contributed by atoms with Crippen molar-refractivity contribution in [1.29, 1.82) is 0 Å². The van der Waals surface area contributed by atoms with Crippen molar-refractivity contribution in [1.82, 2.24) is 4.90 Å². The number of rotatable bonds is 2. The second kappa shape index (κ2) is 4.08. The van der Waals surface area contributed by atoms with E-state index < -0.39 is 0 Å². The van der Waals surface area contributed by atoms with Crippen LogP contribution in [0.15, 0.2) is 5.16 Å². The molecule has 2 fully saturated rings. The van der Waals surface area contributed by atoms with E-state index in [0.717, 1.165) is 13.1 Å². The third-order valence-corrected chi connectivity index (χ3v) is 3.54. The molecule has 2 rings (SSSR count). The summed E-state index contributed by atoms with van der Waals surface area (Å²) in [5.41, 5.74) is 5.31. The number of nitrogens with two attached hydrogens (primary N) is 1. The van der Waals surface area contributed by atoms with E-state index in [9.17, 15) is 4.79 Å². The summed E-state index contributed by atoms with van der Waals surface area (Å²) in [5, 5.41) is 11.2. The molecule has 1 amide bonds. The Balaban J connectivity index is 1.88. The summed E-state index contributed by atoms with van der Waals surface area (Å²) in [6.45, 7) is 1.73. The van der Waals surface area contributed by atoms with Gasteiger partial charge >= 0.3 is 0 Å². The second-order valence-corrected chi connectivity index (χ2v) is 4.52. The maximum Gasteiger partial charge on any atom is 0.230 e. The summed E-state index contributed by atoms with van der Waals surface area (Å²) < 4.78 is 0. The topological polar surface area (TPSA) is 78.9 Å². The summed E-state index contributed by atoms with van der Waals surface area (Å²) in [6, 6.07) is 0. The average molecular weight is 211 g/mol. The Labute approximate surface area is 88.9 Å². The SMILES string of the molecule is NC(CC(=O)N1CC2CCCC2C1)=NO. The Kier molecular flexibility index (Phi) is 2.79. The Morgan fingerprint density at radius 2 is 2.00 bits per heavy atom. The number of fused-ring (bicyclic) bond motifs is 1. The molecule has 15 heavy (non-hydrogen) atoms. The first-order valence-corrected chi connectivity index (χ1v) is 5.45. The third kappa shape index (κ3) is 2.06. The number of hydrogen-bond donors (Lipinski definition) is 2. The minimum atomic E-state index is -0.0142. The van der Waals surface area contributed by atoms with Gasteiger partial charge in [0.1, 0.15) is 5.84 Å². The van der Waals surface area contributed by atoms with Crippen molar-refractivity contribution < 1.29 is 10.0 Å². The van der Waals surface area contributed by atoms with E-state index in [1.54, 1.807) is 0 Å². The van der Waals surface area contributed by atoms with Crippen LogP contribution in [0.5, 0.6) is 0 Å². The van der Waals surface area contributed by atoms with Gasteiger partial charge in [-0.3, -0.25) is 4.79 Å². The lowest BCUT2D eigenvalue weighted by Crippen LogP contribution is -2.32. The zero-order valence-corrected chi connectivity index (χ0v) is 8.72. The first-order chi connectivity index (χ1) is 7.20. The number of likely N-dealkylation sites (tertiary alicyclic amines) is 1. The monoisotopic (exact) mass is 211 g/mol. The first-order valence-electron chi connectivity index (χ1n) is 5.45. The van der Waals surface area contributed by atoms with Crippen LogP contribution in [0.3, 0.4) is 0 Å². The molecule has 5 nitrogen and oxygen atoms in total. The van der Waals surface area contributed by atoms with Gasteiger partial charge in [-0.1, -0.05) is 11.6 Å². The highest BCUT2D eigenvalue weighted by molar-refractivity contribution is 5.98. The van der Waals surface area contributed by atoms with Crippen molar-refractivity contribution in [2.24, 2.45) is 22.7 Å². The molecule has 0 aromatic carbocycles. The van der Waals surface area contributed by atoms with Crippen LogP contribution in [0, 0.1) is 11.8 Å². The van der Waals surface area contributed by atoms with Crippen LogP contribution in [-0.4, -0.2) is 34.9 Å². The highest BCUT2D eigenvalue weighted by Gasteiger charge is 2.37. The molecule has 2 unspecified atom stereocenters. The number of nitrogens with zero attached hydrogens (tertiary/aromatic N) is 2. The summed E-state index contributed by atoms with van der Waals surface area (Å²) in [4.78, 5) is 13.6. The van der Waals surface area contributed by atoms with Gasteiger partial charge in [0, 0.05) is 13.1 Å². The fourth-order valence-corrected chi connectivity index (χ4v) is 2.74. The largest absolute Gasteiger partial charge is 0.409 e. The summed E-state index contributed by atoms with van der Waals surface area (Å²) in [7, 11) is 0. The maximum absolute atomic E-state index is 11.7. The number of amidine groups is 1. The van der Waals surface area contributed by atoms with Crippen molar-refractivity contribution in [2.75, 3.05) is 13.1 Å². The third-order valence-electron chi connectivity index (χ3n) is 3.54. The number of carbonyl (C=O) groups is 1. The molecule has 0 aromatic heterocycles. The van der Waals surface area contributed by atoms with Crippen molar-refractivity contribution in [2.45, 2.75) is 25.7 Å². The van der Waals surface area contributed by atoms with Crippen LogP contribution in [0.2, 0.25) is 0 Å². The Morgan fingerprint density at radius 1 is 1.40 bits per heavy atom. The van der Waals surface area contributed by atoms with Crippen LogP contribution in [-0.2, 0) is 4.79 Å². The van der Waals surface area contributed by atoms with Gasteiger partial charge in [-0.05, 0) is 24.7 Å². The molecule has 84 valence electrons. The molecule has 0 radical (unpaired) electrons. The summed E-state index contributed by atoms with van der Waals surface area (Å²) in [6.07, 6.45) is 3.84. The predicted octanol–water partition coefficient (Wildman–Crippen LogP) is 0.381. The Morgan fingerprint density at radius 3 is 2.53 bits per heavy atom. The van der Waals surface area contributed by atoms with E-state index >= 15 is 0 Å². The highest BCUT2D eigenvalue weighted by Crippen LogP contribution is 2.37. The molecule has 0 spiro atoms. The molecule has 1 heterocycles. The molecule has 2 atom stereocenters. The van der Waals surface area contributed by atoms with Gasteiger partial charge in [0.2, 0.25) is 5.91 Å². The lowest BCUT2D eigenvalue weighted by molar-refractivity contribution is -0.129. The van der Waals surface area contributed by atoms with E-state index in [-0.39, 0.29) is 18.2 Å². The molecule has 1 saturated heterocycles. The van der Waals surface area contributed by atoms with Gasteiger partial charge in [0.25, 0.3) is 0 Å². The molecule has 3 N–H and O–H groups in total. The standard InChI is InChI=1S/C10H17N3O2/c11-9(12-15)4-10(14)13-5-7-2-1-3-8(7)6-13/h7-8,15H,1-6H2,(H2,11,12). The summed E-state index contributed by atoms with van der Waals surface area (Å²) >= 11 is 0. The molecule has 1 saturated carbocycles. The minimum Gasteiger partial charge on any atom is -0.409 e. The molecule has 0 aromatic rings. The quantitative estimate of drug-likeness (QED) is 0.300. The fraction of sp³-hybridized carbons (Fsp3) is 0.800. The number of carbonyl (C=O) groups excluding carboxylic acids is 1.